The number of hydrogen-bond acceptors (Lipinski definition) is 3. The molecule has 0 unspecified atom stereocenters. The number of hydrogen-bond donors (Lipinski definition) is 0. The zero-order valence-corrected chi connectivity index (χ0v) is 12.3. The lowest BCUT2D eigenvalue weighted by Crippen LogP contribution is -2.13. The summed E-state index contributed by atoms with van der Waals surface area (Å²) in [7, 11) is 1.52. The molecule has 0 bridgehead atoms. The summed E-state index contributed by atoms with van der Waals surface area (Å²) < 4.78 is 23.8. The normalized spacial score (nSPS) is 10.3. The molecule has 0 aliphatic rings. The standard InChI is InChI=1S/C17H17FO3/c1-11-4-6-14(17(8-11)20-3)16(19)10-21-13-5-7-15(18)12(2)9-13/h4-9H,10H2,1-3H3. The fraction of sp³-hybridized carbons (Fsp3) is 0.235. The van der Waals surface area contributed by atoms with Gasteiger partial charge in [0.15, 0.2) is 6.61 Å². The van der Waals surface area contributed by atoms with Gasteiger partial charge < -0.3 is 9.47 Å². The van der Waals surface area contributed by atoms with Gasteiger partial charge in [-0.25, -0.2) is 4.39 Å². The van der Waals surface area contributed by atoms with Gasteiger partial charge in [0.25, 0.3) is 0 Å². The van der Waals surface area contributed by atoms with Crippen LogP contribution in [-0.4, -0.2) is 19.5 Å². The molecule has 0 amide bonds. The van der Waals surface area contributed by atoms with Crippen molar-refractivity contribution in [2.45, 2.75) is 13.8 Å². The minimum absolute atomic E-state index is 0.121. The molecule has 0 atom stereocenters. The number of Topliss-reactive ketones (excluding diaryl/α,β-unsaturated/α-hetero) is 1. The second kappa shape index (κ2) is 6.39. The number of aryl methyl sites for hydroxylation is 2. The highest BCUT2D eigenvalue weighted by molar-refractivity contribution is 5.99. The van der Waals surface area contributed by atoms with Crippen molar-refractivity contribution >= 4 is 5.78 Å². The largest absolute Gasteiger partial charge is 0.496 e. The molecule has 0 heterocycles. The van der Waals surface area contributed by atoms with Crippen LogP contribution in [0.5, 0.6) is 11.5 Å². The number of halogens is 1. The van der Waals surface area contributed by atoms with Gasteiger partial charge in [-0.1, -0.05) is 6.07 Å². The van der Waals surface area contributed by atoms with Crippen molar-refractivity contribution in [2.24, 2.45) is 0 Å². The van der Waals surface area contributed by atoms with E-state index in [0.29, 0.717) is 22.6 Å². The number of ether oxygens (including phenoxy) is 2. The Kier molecular flexibility index (Phi) is 4.58. The maximum absolute atomic E-state index is 13.2. The zero-order valence-electron chi connectivity index (χ0n) is 12.3. The molecule has 0 aliphatic heterocycles. The van der Waals surface area contributed by atoms with Crippen LogP contribution in [0.15, 0.2) is 36.4 Å². The molecule has 0 spiro atoms. The van der Waals surface area contributed by atoms with Crippen LogP contribution in [-0.2, 0) is 0 Å². The number of benzene rings is 2. The molecule has 0 aromatic heterocycles. The van der Waals surface area contributed by atoms with E-state index < -0.39 is 0 Å². The molecular formula is C17H17FO3. The summed E-state index contributed by atoms with van der Waals surface area (Å²) in [5.41, 5.74) is 1.97. The number of carbonyl (C=O) groups is 1. The van der Waals surface area contributed by atoms with Gasteiger partial charge in [-0.3, -0.25) is 4.79 Å². The summed E-state index contributed by atoms with van der Waals surface area (Å²) in [4.78, 5) is 12.2. The maximum Gasteiger partial charge on any atom is 0.203 e. The zero-order chi connectivity index (χ0) is 15.4. The molecule has 0 fully saturated rings. The molecule has 0 N–H and O–H groups in total. The van der Waals surface area contributed by atoms with E-state index in [2.05, 4.69) is 0 Å². The second-order valence-corrected chi connectivity index (χ2v) is 4.83. The smallest absolute Gasteiger partial charge is 0.203 e. The monoisotopic (exact) mass is 288 g/mol. The van der Waals surface area contributed by atoms with Crippen LogP contribution in [0.2, 0.25) is 0 Å². The van der Waals surface area contributed by atoms with E-state index >= 15 is 0 Å². The van der Waals surface area contributed by atoms with E-state index in [0.717, 1.165) is 5.56 Å². The topological polar surface area (TPSA) is 35.5 Å². The predicted molar refractivity (Wildman–Crippen MR) is 78.7 cm³/mol. The summed E-state index contributed by atoms with van der Waals surface area (Å²) in [6.07, 6.45) is 0. The van der Waals surface area contributed by atoms with Crippen LogP contribution in [0.1, 0.15) is 21.5 Å². The van der Waals surface area contributed by atoms with Gasteiger partial charge in [0.05, 0.1) is 12.7 Å². The van der Waals surface area contributed by atoms with Gasteiger partial charge in [-0.15, -0.1) is 0 Å². The molecule has 2 aromatic carbocycles. The molecule has 3 nitrogen and oxygen atoms in total. The first-order valence-electron chi connectivity index (χ1n) is 6.58. The first-order valence-corrected chi connectivity index (χ1v) is 6.58. The summed E-state index contributed by atoms with van der Waals surface area (Å²) in [6.45, 7) is 3.45. The van der Waals surface area contributed by atoms with Gasteiger partial charge in [0, 0.05) is 0 Å². The molecule has 0 saturated heterocycles. The summed E-state index contributed by atoms with van der Waals surface area (Å²) >= 11 is 0. The van der Waals surface area contributed by atoms with E-state index in [1.807, 2.05) is 13.0 Å². The van der Waals surface area contributed by atoms with Gasteiger partial charge in [0.2, 0.25) is 5.78 Å². The van der Waals surface area contributed by atoms with Crippen LogP contribution in [0.25, 0.3) is 0 Å². The van der Waals surface area contributed by atoms with Gasteiger partial charge in [0.1, 0.15) is 17.3 Å². The Morgan fingerprint density at radius 3 is 2.57 bits per heavy atom. The number of carbonyl (C=O) groups excluding carboxylic acids is 1. The fourth-order valence-corrected chi connectivity index (χ4v) is 1.96. The number of rotatable bonds is 5. The molecule has 0 saturated carbocycles. The molecule has 0 radical (unpaired) electrons. The van der Waals surface area contributed by atoms with Crippen molar-refractivity contribution in [1.82, 2.24) is 0 Å². The molecular weight excluding hydrogens is 271 g/mol. The molecule has 21 heavy (non-hydrogen) atoms. The molecule has 0 aliphatic carbocycles. The average Bonchev–Trinajstić information content (AvgIpc) is 2.48. The highest BCUT2D eigenvalue weighted by Crippen LogP contribution is 2.21. The minimum atomic E-state index is -0.297. The van der Waals surface area contributed by atoms with E-state index in [9.17, 15) is 9.18 Å². The average molecular weight is 288 g/mol. The van der Waals surface area contributed by atoms with Crippen molar-refractivity contribution in [3.05, 3.63) is 58.9 Å². The highest BCUT2D eigenvalue weighted by atomic mass is 19.1. The molecule has 4 heteroatoms. The van der Waals surface area contributed by atoms with E-state index in [1.54, 1.807) is 25.1 Å². The van der Waals surface area contributed by atoms with E-state index in [-0.39, 0.29) is 18.2 Å². The Morgan fingerprint density at radius 2 is 1.90 bits per heavy atom. The lowest BCUT2D eigenvalue weighted by Gasteiger charge is -2.10. The Labute approximate surface area is 123 Å². The van der Waals surface area contributed by atoms with Gasteiger partial charge in [-0.05, 0) is 55.3 Å². The molecule has 2 aromatic rings. The van der Waals surface area contributed by atoms with Crippen LogP contribution >= 0.6 is 0 Å². The van der Waals surface area contributed by atoms with Crippen LogP contribution < -0.4 is 9.47 Å². The van der Waals surface area contributed by atoms with Crippen LogP contribution in [0, 0.1) is 19.7 Å². The second-order valence-electron chi connectivity index (χ2n) is 4.83. The SMILES string of the molecule is COc1cc(C)ccc1C(=O)COc1ccc(F)c(C)c1. The van der Waals surface area contributed by atoms with Gasteiger partial charge in [-0.2, -0.15) is 0 Å². The number of ketones is 1. The minimum Gasteiger partial charge on any atom is -0.496 e. The Balaban J connectivity index is 2.09. The lowest BCUT2D eigenvalue weighted by atomic mass is 10.1. The van der Waals surface area contributed by atoms with Crippen molar-refractivity contribution in [1.29, 1.82) is 0 Å². The highest BCUT2D eigenvalue weighted by Gasteiger charge is 2.13. The van der Waals surface area contributed by atoms with Crippen molar-refractivity contribution < 1.29 is 18.7 Å². The Hall–Kier alpha value is -2.36. The van der Waals surface area contributed by atoms with E-state index in [4.69, 9.17) is 9.47 Å². The fourth-order valence-electron chi connectivity index (χ4n) is 1.96. The molecule has 2 rings (SSSR count). The third-order valence-electron chi connectivity index (χ3n) is 3.16. The Morgan fingerprint density at radius 1 is 1.14 bits per heavy atom. The first-order chi connectivity index (χ1) is 10.0. The summed E-state index contributed by atoms with van der Waals surface area (Å²) in [5.74, 6) is 0.509. The van der Waals surface area contributed by atoms with Crippen molar-refractivity contribution in [2.75, 3.05) is 13.7 Å². The Bertz CT molecular complexity index is 665. The van der Waals surface area contributed by atoms with Crippen molar-refractivity contribution in [3.63, 3.8) is 0 Å². The van der Waals surface area contributed by atoms with Crippen LogP contribution in [0.4, 0.5) is 4.39 Å². The van der Waals surface area contributed by atoms with Gasteiger partial charge >= 0.3 is 0 Å². The molecule has 110 valence electrons. The predicted octanol–water partition coefficient (Wildman–Crippen LogP) is 3.71. The first kappa shape index (κ1) is 15.0. The third-order valence-corrected chi connectivity index (χ3v) is 3.16. The maximum atomic E-state index is 13.2. The lowest BCUT2D eigenvalue weighted by molar-refractivity contribution is 0.0918. The van der Waals surface area contributed by atoms with Crippen LogP contribution in [0.3, 0.4) is 0 Å². The number of methoxy groups -OCH3 is 1. The van der Waals surface area contributed by atoms with E-state index in [1.165, 1.54) is 19.2 Å². The summed E-state index contributed by atoms with van der Waals surface area (Å²) in [6, 6.07) is 9.75. The van der Waals surface area contributed by atoms with Crippen molar-refractivity contribution in [3.8, 4) is 11.5 Å². The third kappa shape index (κ3) is 3.60. The summed E-state index contributed by atoms with van der Waals surface area (Å²) in [5, 5.41) is 0. The quantitative estimate of drug-likeness (QED) is 0.787.